The van der Waals surface area contributed by atoms with Crippen molar-refractivity contribution in [2.45, 2.75) is 13.0 Å². The lowest BCUT2D eigenvalue weighted by atomic mass is 10.1. The minimum absolute atomic E-state index is 0.0212. The average molecular weight is 332 g/mol. The molecule has 0 spiro atoms. The molecule has 0 unspecified atom stereocenters. The summed E-state index contributed by atoms with van der Waals surface area (Å²) in [5, 5.41) is 1.97. The largest absolute Gasteiger partial charge is 0.305 e. The van der Waals surface area contributed by atoms with Crippen LogP contribution in [-0.2, 0) is 13.0 Å². The fraction of sp³-hybridized carbons (Fsp3) is 0.100. The summed E-state index contributed by atoms with van der Waals surface area (Å²) in [5.41, 5.74) is 3.49. The summed E-state index contributed by atoms with van der Waals surface area (Å²) >= 11 is 1.55. The highest BCUT2D eigenvalue weighted by Gasteiger charge is 2.13. The molecule has 4 aromatic rings. The van der Waals surface area contributed by atoms with Crippen LogP contribution in [0.15, 0.2) is 76.9 Å². The highest BCUT2D eigenvalue weighted by Crippen LogP contribution is 2.22. The Labute approximate surface area is 143 Å². The van der Waals surface area contributed by atoms with Gasteiger partial charge in [-0.05, 0) is 35.6 Å². The summed E-state index contributed by atoms with van der Waals surface area (Å²) in [6.45, 7) is 0.643. The lowest BCUT2D eigenvalue weighted by Crippen LogP contribution is -2.24. The van der Waals surface area contributed by atoms with Gasteiger partial charge in [0.25, 0.3) is 5.56 Å². The summed E-state index contributed by atoms with van der Waals surface area (Å²) in [4.78, 5) is 18.5. The van der Waals surface area contributed by atoms with E-state index < -0.39 is 0 Å². The van der Waals surface area contributed by atoms with E-state index in [0.717, 1.165) is 22.3 Å². The quantitative estimate of drug-likeness (QED) is 0.556. The predicted molar refractivity (Wildman–Crippen MR) is 99.5 cm³/mol. The number of aromatic nitrogens is 2. The topological polar surface area (TPSA) is 34.9 Å². The lowest BCUT2D eigenvalue weighted by Gasteiger charge is -2.12. The van der Waals surface area contributed by atoms with Gasteiger partial charge in [-0.3, -0.25) is 4.79 Å². The normalized spacial score (nSPS) is 11.0. The van der Waals surface area contributed by atoms with Crippen molar-refractivity contribution in [1.82, 2.24) is 9.55 Å². The molecule has 0 aliphatic rings. The highest BCUT2D eigenvalue weighted by atomic mass is 32.1. The van der Waals surface area contributed by atoms with Gasteiger partial charge in [0.1, 0.15) is 5.69 Å². The van der Waals surface area contributed by atoms with E-state index in [1.165, 1.54) is 5.56 Å². The van der Waals surface area contributed by atoms with Gasteiger partial charge in [-0.1, -0.05) is 48.5 Å². The van der Waals surface area contributed by atoms with Crippen LogP contribution in [-0.4, -0.2) is 9.55 Å². The second-order valence-corrected chi connectivity index (χ2v) is 6.57. The third-order valence-corrected chi connectivity index (χ3v) is 4.95. The molecule has 0 N–H and O–H groups in total. The number of para-hydroxylation sites is 2. The first-order valence-electron chi connectivity index (χ1n) is 7.90. The van der Waals surface area contributed by atoms with Crippen molar-refractivity contribution < 1.29 is 0 Å². The van der Waals surface area contributed by atoms with Crippen LogP contribution in [0.4, 0.5) is 0 Å². The van der Waals surface area contributed by atoms with Gasteiger partial charge in [0, 0.05) is 6.54 Å². The number of nitrogens with zero attached hydrogens (tertiary/aromatic N) is 2. The smallest absolute Gasteiger partial charge is 0.278 e. The zero-order valence-electron chi connectivity index (χ0n) is 13.1. The van der Waals surface area contributed by atoms with E-state index in [1.54, 1.807) is 11.3 Å². The molecule has 0 aliphatic heterocycles. The van der Waals surface area contributed by atoms with Crippen molar-refractivity contribution >= 4 is 22.4 Å². The Bertz CT molecular complexity index is 1020. The summed E-state index contributed by atoms with van der Waals surface area (Å²) in [5.74, 6) is 0. The van der Waals surface area contributed by atoms with E-state index >= 15 is 0 Å². The van der Waals surface area contributed by atoms with Gasteiger partial charge in [-0.2, -0.15) is 0 Å². The Morgan fingerprint density at radius 2 is 1.71 bits per heavy atom. The molecule has 0 saturated carbocycles. The lowest BCUT2D eigenvalue weighted by molar-refractivity contribution is 0.693. The van der Waals surface area contributed by atoms with Crippen LogP contribution in [0.1, 0.15) is 5.56 Å². The van der Waals surface area contributed by atoms with Crippen LogP contribution in [0.2, 0.25) is 0 Å². The summed E-state index contributed by atoms with van der Waals surface area (Å²) in [6.07, 6.45) is 0.818. The van der Waals surface area contributed by atoms with Gasteiger partial charge in [-0.15, -0.1) is 11.3 Å². The summed E-state index contributed by atoms with van der Waals surface area (Å²) in [7, 11) is 0. The maximum Gasteiger partial charge on any atom is 0.278 e. The molecule has 2 aromatic heterocycles. The molecule has 0 amide bonds. The first-order chi connectivity index (χ1) is 11.8. The van der Waals surface area contributed by atoms with Gasteiger partial charge >= 0.3 is 0 Å². The predicted octanol–water partition coefficient (Wildman–Crippen LogP) is 4.37. The van der Waals surface area contributed by atoms with Crippen molar-refractivity contribution in [3.05, 3.63) is 88.0 Å². The van der Waals surface area contributed by atoms with Crippen LogP contribution >= 0.6 is 11.3 Å². The first kappa shape index (κ1) is 14.8. The van der Waals surface area contributed by atoms with Crippen molar-refractivity contribution in [2.75, 3.05) is 0 Å². The van der Waals surface area contributed by atoms with Gasteiger partial charge in [0.2, 0.25) is 0 Å². The van der Waals surface area contributed by atoms with Crippen molar-refractivity contribution in [2.24, 2.45) is 0 Å². The molecule has 0 atom stereocenters. The zero-order valence-corrected chi connectivity index (χ0v) is 13.9. The molecule has 4 rings (SSSR count). The van der Waals surface area contributed by atoms with Gasteiger partial charge in [0.05, 0.1) is 15.9 Å². The molecule has 0 saturated heterocycles. The second-order valence-electron chi connectivity index (χ2n) is 5.62. The SMILES string of the molecule is O=c1c(-c2cccs2)nc2ccccc2n1CCc1ccccc1. The van der Waals surface area contributed by atoms with E-state index in [-0.39, 0.29) is 5.56 Å². The zero-order chi connectivity index (χ0) is 16.4. The van der Waals surface area contributed by atoms with Crippen molar-refractivity contribution in [1.29, 1.82) is 0 Å². The first-order valence-corrected chi connectivity index (χ1v) is 8.78. The van der Waals surface area contributed by atoms with E-state index in [4.69, 9.17) is 0 Å². The molecule has 4 heteroatoms. The summed E-state index contributed by atoms with van der Waals surface area (Å²) in [6, 6.07) is 22.0. The minimum atomic E-state index is -0.0212. The summed E-state index contributed by atoms with van der Waals surface area (Å²) < 4.78 is 1.85. The Morgan fingerprint density at radius 3 is 2.50 bits per heavy atom. The molecule has 0 fully saturated rings. The molecule has 24 heavy (non-hydrogen) atoms. The molecule has 0 radical (unpaired) electrons. The number of rotatable bonds is 4. The minimum Gasteiger partial charge on any atom is -0.305 e. The number of benzene rings is 2. The second kappa shape index (κ2) is 6.42. The number of fused-ring (bicyclic) bond motifs is 1. The van der Waals surface area contributed by atoms with Crippen LogP contribution in [0.5, 0.6) is 0 Å². The van der Waals surface area contributed by atoms with Crippen LogP contribution in [0.3, 0.4) is 0 Å². The van der Waals surface area contributed by atoms with Crippen LogP contribution in [0, 0.1) is 0 Å². The number of thiophene rings is 1. The van der Waals surface area contributed by atoms with E-state index in [0.29, 0.717) is 12.2 Å². The number of hydrogen-bond donors (Lipinski definition) is 0. The average Bonchev–Trinajstić information content (AvgIpc) is 3.16. The molecule has 0 aliphatic carbocycles. The maximum absolute atomic E-state index is 13.0. The van der Waals surface area contributed by atoms with Gasteiger partial charge < -0.3 is 4.57 Å². The van der Waals surface area contributed by atoms with Crippen molar-refractivity contribution in [3.8, 4) is 10.6 Å². The maximum atomic E-state index is 13.0. The molecule has 0 bridgehead atoms. The van der Waals surface area contributed by atoms with Crippen LogP contribution in [0.25, 0.3) is 21.6 Å². The molecule has 3 nitrogen and oxygen atoms in total. The van der Waals surface area contributed by atoms with Crippen molar-refractivity contribution in [3.63, 3.8) is 0 Å². The Balaban J connectivity index is 1.83. The van der Waals surface area contributed by atoms with E-state index in [2.05, 4.69) is 17.1 Å². The number of hydrogen-bond acceptors (Lipinski definition) is 3. The molecule has 2 aromatic carbocycles. The fourth-order valence-corrected chi connectivity index (χ4v) is 3.58. The Kier molecular flexibility index (Phi) is 3.97. The molecule has 2 heterocycles. The standard InChI is InChI=1S/C20H16N2OS/c23-20-19(18-11-6-14-24-18)21-16-9-4-5-10-17(16)22(20)13-12-15-7-2-1-3-8-15/h1-11,14H,12-13H2. The monoisotopic (exact) mass is 332 g/mol. The third kappa shape index (κ3) is 2.76. The van der Waals surface area contributed by atoms with Gasteiger partial charge in [0.15, 0.2) is 0 Å². The Hall–Kier alpha value is -2.72. The van der Waals surface area contributed by atoms with Gasteiger partial charge in [-0.25, -0.2) is 4.98 Å². The Morgan fingerprint density at radius 1 is 0.917 bits per heavy atom. The molecular formula is C20H16N2OS. The third-order valence-electron chi connectivity index (χ3n) is 4.07. The fourth-order valence-electron chi connectivity index (χ4n) is 2.87. The molecule has 118 valence electrons. The molecular weight excluding hydrogens is 316 g/mol. The van der Waals surface area contributed by atoms with Crippen LogP contribution < -0.4 is 5.56 Å². The van der Waals surface area contributed by atoms with E-state index in [9.17, 15) is 4.79 Å². The highest BCUT2D eigenvalue weighted by molar-refractivity contribution is 7.13. The van der Waals surface area contributed by atoms with E-state index in [1.807, 2.05) is 64.5 Å². The number of aryl methyl sites for hydroxylation is 2.